The lowest BCUT2D eigenvalue weighted by molar-refractivity contribution is 0.415. The van der Waals surface area contributed by atoms with Crippen LogP contribution in [-0.4, -0.2) is 37.5 Å². The predicted octanol–water partition coefficient (Wildman–Crippen LogP) is 2.27. The van der Waals surface area contributed by atoms with E-state index >= 15 is 0 Å². The van der Waals surface area contributed by atoms with Crippen molar-refractivity contribution >= 4 is 11.6 Å². The number of ether oxygens (including phenoxy) is 1. The highest BCUT2D eigenvalue weighted by atomic mass is 19.1. The van der Waals surface area contributed by atoms with Gasteiger partial charge in [-0.2, -0.15) is 9.78 Å². The number of fused-ring (bicyclic) bond motifs is 2. The number of nitrogens with zero attached hydrogens (tertiary/aromatic N) is 5. The Morgan fingerprint density at radius 3 is 2.86 bits per heavy atom. The normalized spacial score (nSPS) is 14.6. The molecule has 4 aromatic rings. The van der Waals surface area contributed by atoms with Gasteiger partial charge in [0.25, 0.3) is 5.56 Å². The Balaban J connectivity index is 1.83. The van der Waals surface area contributed by atoms with E-state index in [4.69, 9.17) is 4.74 Å². The number of benzene rings is 2. The summed E-state index contributed by atoms with van der Waals surface area (Å²) in [7, 11) is 1.56. The minimum atomic E-state index is -0.784. The molecule has 1 atom stereocenters. The van der Waals surface area contributed by atoms with E-state index in [0.29, 0.717) is 28.1 Å². The molecule has 29 heavy (non-hydrogen) atoms. The summed E-state index contributed by atoms with van der Waals surface area (Å²) < 4.78 is 21.5. The van der Waals surface area contributed by atoms with Crippen LogP contribution in [0.1, 0.15) is 17.2 Å². The first-order chi connectivity index (χ1) is 14.2. The van der Waals surface area contributed by atoms with Crippen LogP contribution >= 0.6 is 0 Å². The second-order valence-corrected chi connectivity index (χ2v) is 6.42. The van der Waals surface area contributed by atoms with E-state index in [1.165, 1.54) is 10.7 Å². The molecule has 2 aromatic heterocycles. The first kappa shape index (κ1) is 17.0. The lowest BCUT2D eigenvalue weighted by atomic mass is 9.92. The molecule has 1 aliphatic rings. The summed E-state index contributed by atoms with van der Waals surface area (Å²) in [5, 5.41) is 21.3. The van der Waals surface area contributed by atoms with Gasteiger partial charge < -0.3 is 10.1 Å². The molecule has 0 radical (unpaired) electrons. The number of hydrogen-bond acceptors (Lipinski definition) is 7. The van der Waals surface area contributed by atoms with Gasteiger partial charge in [0.05, 0.1) is 12.8 Å². The molecular weight excluding hydrogens is 377 g/mol. The van der Waals surface area contributed by atoms with Crippen molar-refractivity contribution in [3.05, 3.63) is 75.8 Å². The van der Waals surface area contributed by atoms with Gasteiger partial charge >= 0.3 is 0 Å². The van der Waals surface area contributed by atoms with Crippen molar-refractivity contribution < 1.29 is 9.13 Å². The molecule has 2 aromatic carbocycles. The summed E-state index contributed by atoms with van der Waals surface area (Å²) in [6, 6.07) is 12.7. The molecule has 0 saturated heterocycles. The third-order valence-electron chi connectivity index (χ3n) is 4.81. The van der Waals surface area contributed by atoms with Gasteiger partial charge in [0.15, 0.2) is 0 Å². The Morgan fingerprint density at radius 2 is 2.03 bits per heavy atom. The highest BCUT2D eigenvalue weighted by molar-refractivity contribution is 5.76. The molecule has 3 heterocycles. The van der Waals surface area contributed by atoms with Gasteiger partial charge in [-0.15, -0.1) is 0 Å². The molecule has 0 fully saturated rings. The molecule has 0 spiro atoms. The van der Waals surface area contributed by atoms with Crippen LogP contribution in [0.5, 0.6) is 5.75 Å². The molecule has 0 amide bonds. The molecule has 0 saturated carbocycles. The van der Waals surface area contributed by atoms with Crippen LogP contribution in [0.25, 0.3) is 11.3 Å². The van der Waals surface area contributed by atoms with Crippen LogP contribution < -0.4 is 15.6 Å². The molecule has 2 N–H and O–H groups in total. The Bertz CT molecular complexity index is 1280. The van der Waals surface area contributed by atoms with Crippen LogP contribution in [0.15, 0.2) is 53.3 Å². The SMILES string of the molecule is COc1cccc(-c2n[nH]c(=O)c3c2[C@@H](c2ccccc2F)n2nnnc2N3)c1. The number of hydrogen-bond donors (Lipinski definition) is 2. The number of methoxy groups -OCH3 is 1. The lowest BCUT2D eigenvalue weighted by Gasteiger charge is -2.28. The molecule has 0 bridgehead atoms. The topological polar surface area (TPSA) is 111 Å². The highest BCUT2D eigenvalue weighted by Gasteiger charge is 2.35. The summed E-state index contributed by atoms with van der Waals surface area (Å²) in [4.78, 5) is 12.6. The molecule has 9 nitrogen and oxygen atoms in total. The van der Waals surface area contributed by atoms with E-state index in [2.05, 4.69) is 31.0 Å². The maximum Gasteiger partial charge on any atom is 0.288 e. The number of H-pyrrole nitrogens is 1. The Hall–Kier alpha value is -4.08. The average Bonchev–Trinajstić information content (AvgIpc) is 3.22. The summed E-state index contributed by atoms with van der Waals surface area (Å²) in [5.41, 5.74) is 1.69. The number of aromatic nitrogens is 6. The average molecular weight is 391 g/mol. The van der Waals surface area contributed by atoms with Crippen LogP contribution in [-0.2, 0) is 0 Å². The fourth-order valence-corrected chi connectivity index (χ4v) is 3.51. The molecule has 5 rings (SSSR count). The van der Waals surface area contributed by atoms with E-state index in [9.17, 15) is 9.18 Å². The monoisotopic (exact) mass is 391 g/mol. The second-order valence-electron chi connectivity index (χ2n) is 6.42. The first-order valence-corrected chi connectivity index (χ1v) is 8.73. The largest absolute Gasteiger partial charge is 0.497 e. The van der Waals surface area contributed by atoms with Crippen molar-refractivity contribution in [2.75, 3.05) is 12.4 Å². The van der Waals surface area contributed by atoms with Gasteiger partial charge in [-0.05, 0) is 28.6 Å². The zero-order valence-electron chi connectivity index (χ0n) is 15.1. The van der Waals surface area contributed by atoms with Crippen LogP contribution in [0.4, 0.5) is 16.0 Å². The van der Waals surface area contributed by atoms with Crippen molar-refractivity contribution in [2.45, 2.75) is 6.04 Å². The lowest BCUT2D eigenvalue weighted by Crippen LogP contribution is -2.29. The molecule has 1 aliphatic heterocycles. The van der Waals surface area contributed by atoms with Gasteiger partial charge in [0.2, 0.25) is 5.95 Å². The van der Waals surface area contributed by atoms with Gasteiger partial charge in [0.1, 0.15) is 23.3 Å². The maximum absolute atomic E-state index is 14.8. The minimum absolute atomic E-state index is 0.216. The number of aromatic amines is 1. The van der Waals surface area contributed by atoms with Crippen LogP contribution in [0, 0.1) is 5.82 Å². The van der Waals surface area contributed by atoms with E-state index in [-0.39, 0.29) is 11.6 Å². The molecule has 144 valence electrons. The molecule has 0 aliphatic carbocycles. The first-order valence-electron chi connectivity index (χ1n) is 8.73. The highest BCUT2D eigenvalue weighted by Crippen LogP contribution is 2.41. The number of rotatable bonds is 3. The number of halogens is 1. The van der Waals surface area contributed by atoms with Crippen LogP contribution in [0.2, 0.25) is 0 Å². The zero-order chi connectivity index (χ0) is 20.0. The van der Waals surface area contributed by atoms with Gasteiger partial charge in [-0.1, -0.05) is 35.4 Å². The van der Waals surface area contributed by atoms with Crippen molar-refractivity contribution in [1.82, 2.24) is 30.4 Å². The van der Waals surface area contributed by atoms with E-state index in [0.717, 1.165) is 0 Å². The van der Waals surface area contributed by atoms with Gasteiger partial charge in [-0.25, -0.2) is 9.49 Å². The molecule has 10 heteroatoms. The summed E-state index contributed by atoms with van der Waals surface area (Å²) in [6.45, 7) is 0. The molecule has 0 unspecified atom stereocenters. The van der Waals surface area contributed by atoms with Crippen molar-refractivity contribution in [1.29, 1.82) is 0 Å². The van der Waals surface area contributed by atoms with E-state index in [1.54, 1.807) is 37.4 Å². The summed E-state index contributed by atoms with van der Waals surface area (Å²) in [6.07, 6.45) is 0. The van der Waals surface area contributed by atoms with E-state index in [1.807, 2.05) is 12.1 Å². The molecular formula is C19H14FN7O2. The van der Waals surface area contributed by atoms with Gasteiger partial charge in [-0.3, -0.25) is 4.79 Å². The fraction of sp³-hybridized carbons (Fsp3) is 0.105. The number of nitrogens with one attached hydrogen (secondary N) is 2. The third-order valence-corrected chi connectivity index (χ3v) is 4.81. The van der Waals surface area contributed by atoms with Crippen molar-refractivity contribution in [3.63, 3.8) is 0 Å². The summed E-state index contributed by atoms with van der Waals surface area (Å²) in [5.74, 6) is 0.418. The van der Waals surface area contributed by atoms with Crippen LogP contribution in [0.3, 0.4) is 0 Å². The quantitative estimate of drug-likeness (QED) is 0.485. The van der Waals surface area contributed by atoms with Crippen molar-refractivity contribution in [3.8, 4) is 17.0 Å². The standard InChI is InChI=1S/C19H14FN7O2/c1-29-11-6-4-5-10(9-11)15-14-16(18(28)23-22-15)21-19-24-25-26-27(19)17(14)12-7-2-3-8-13(12)20/h2-9,17H,1H3,(H,23,28)(H,21,24,26)/t17-/m1/s1. The smallest absolute Gasteiger partial charge is 0.288 e. The maximum atomic E-state index is 14.8. The minimum Gasteiger partial charge on any atom is -0.497 e. The predicted molar refractivity (Wildman–Crippen MR) is 102 cm³/mol. The number of tetrazole rings is 1. The second kappa shape index (κ2) is 6.51. The Kier molecular flexibility index (Phi) is 3.83. The van der Waals surface area contributed by atoms with E-state index < -0.39 is 17.4 Å². The number of anilines is 2. The third kappa shape index (κ3) is 2.64. The Labute approximate surface area is 163 Å². The Morgan fingerprint density at radius 1 is 1.17 bits per heavy atom. The van der Waals surface area contributed by atoms with Crippen molar-refractivity contribution in [2.24, 2.45) is 0 Å². The van der Waals surface area contributed by atoms with Gasteiger partial charge in [0, 0.05) is 16.7 Å². The fourth-order valence-electron chi connectivity index (χ4n) is 3.51. The summed E-state index contributed by atoms with van der Waals surface area (Å²) >= 11 is 0. The zero-order valence-corrected chi connectivity index (χ0v) is 15.1.